The predicted octanol–water partition coefficient (Wildman–Crippen LogP) is 6.44. The molecular weight excluding hydrogens is 344 g/mol. The van der Waals surface area contributed by atoms with Crippen molar-refractivity contribution in [3.63, 3.8) is 0 Å². The second-order valence-electron chi connectivity index (χ2n) is 8.20. The van der Waals surface area contributed by atoms with E-state index >= 15 is 0 Å². The number of benzene rings is 1. The average Bonchev–Trinajstić information content (AvgIpc) is 2.98. The molecule has 0 N–H and O–H groups in total. The Hall–Kier alpha value is -1.44. The first kappa shape index (κ1) is 17.4. The summed E-state index contributed by atoms with van der Waals surface area (Å²) in [5.74, 6) is 0. The van der Waals surface area contributed by atoms with Gasteiger partial charge < -0.3 is 4.23 Å². The fourth-order valence-electron chi connectivity index (χ4n) is 3.62. The molecule has 0 bridgehead atoms. The lowest BCUT2D eigenvalue weighted by Crippen LogP contribution is -2.59. The quantitative estimate of drug-likeness (QED) is 0.491. The molecule has 0 saturated heterocycles. The third-order valence-electron chi connectivity index (χ3n) is 4.05. The summed E-state index contributed by atoms with van der Waals surface area (Å²) in [6.45, 7) is 14.7. The molecule has 0 amide bonds. The van der Waals surface area contributed by atoms with Gasteiger partial charge in [-0.2, -0.15) is 0 Å². The highest BCUT2D eigenvalue weighted by molar-refractivity contribution is 7.13. The van der Waals surface area contributed by atoms with E-state index in [1.54, 1.807) is 11.3 Å². The Bertz CT molecular complexity index is 832. The molecule has 2 nitrogen and oxygen atoms in total. The normalized spacial score (nSPS) is 12.6. The van der Waals surface area contributed by atoms with E-state index in [9.17, 15) is 0 Å². The van der Waals surface area contributed by atoms with Gasteiger partial charge in [0.1, 0.15) is 16.5 Å². The number of nitrogens with zero attached hydrogens (tertiary/aromatic N) is 2. The van der Waals surface area contributed by atoms with Gasteiger partial charge in [0.25, 0.3) is 0 Å². The summed E-state index contributed by atoms with van der Waals surface area (Å²) >= 11 is 1.76. The third-order valence-corrected chi connectivity index (χ3v) is 12.1. The van der Waals surface area contributed by atoms with Crippen LogP contribution in [-0.2, 0) is 0 Å². The van der Waals surface area contributed by atoms with E-state index in [1.165, 1.54) is 16.0 Å². The van der Waals surface area contributed by atoms with E-state index in [2.05, 4.69) is 91.4 Å². The van der Waals surface area contributed by atoms with Gasteiger partial charge in [0.15, 0.2) is 0 Å². The average molecular weight is 371 g/mol. The minimum atomic E-state index is -1.52. The van der Waals surface area contributed by atoms with Crippen LogP contribution in [0.5, 0.6) is 0 Å². The fourth-order valence-corrected chi connectivity index (χ4v) is 14.2. The van der Waals surface area contributed by atoms with Crippen LogP contribution < -0.4 is 4.23 Å². The van der Waals surface area contributed by atoms with Gasteiger partial charge >= 0.3 is 0 Å². The fraction of sp³-hybridized carbons (Fsp3) is 0.316. The Balaban J connectivity index is 2.33. The van der Waals surface area contributed by atoms with Crippen molar-refractivity contribution in [1.29, 1.82) is 0 Å². The van der Waals surface area contributed by atoms with Crippen LogP contribution in [0, 0.1) is 0 Å². The summed E-state index contributed by atoms with van der Waals surface area (Å²) in [5, 5.41) is 3.41. The van der Waals surface area contributed by atoms with Crippen molar-refractivity contribution in [3.8, 4) is 10.6 Å². The number of para-hydroxylation sites is 1. The minimum absolute atomic E-state index is 1.10. The Morgan fingerprint density at radius 2 is 1.54 bits per heavy atom. The first-order chi connectivity index (χ1) is 11.2. The summed E-state index contributed by atoms with van der Waals surface area (Å²) in [6.07, 6.45) is 0. The van der Waals surface area contributed by atoms with Crippen molar-refractivity contribution in [2.45, 2.75) is 39.3 Å². The summed E-state index contributed by atoms with van der Waals surface area (Å²) in [6, 6.07) is 15.2. The molecule has 0 saturated carbocycles. The summed E-state index contributed by atoms with van der Waals surface area (Å²) in [5.41, 5.74) is 3.57. The molecule has 0 aliphatic carbocycles. The highest BCUT2D eigenvalue weighted by Gasteiger charge is 2.35. The number of hydrogen-bond acceptors (Lipinski definition) is 3. The van der Waals surface area contributed by atoms with Crippen LogP contribution in [0.4, 0.5) is 5.69 Å². The van der Waals surface area contributed by atoms with Crippen LogP contribution in [0.3, 0.4) is 0 Å². The smallest absolute Gasteiger partial charge is 0.138 e. The first-order valence-corrected chi connectivity index (χ1v) is 16.2. The number of anilines is 1. The number of pyridine rings is 1. The lowest BCUT2D eigenvalue weighted by Gasteiger charge is -2.46. The summed E-state index contributed by atoms with van der Waals surface area (Å²) < 4.78 is 2.79. The van der Waals surface area contributed by atoms with Gasteiger partial charge in [-0.05, 0) is 23.6 Å². The van der Waals surface area contributed by atoms with Crippen LogP contribution in [0.1, 0.15) is 0 Å². The highest BCUT2D eigenvalue weighted by atomic mass is 32.1. The van der Waals surface area contributed by atoms with Crippen LogP contribution in [0.25, 0.3) is 21.5 Å². The molecule has 1 aromatic carbocycles. The van der Waals surface area contributed by atoms with Crippen molar-refractivity contribution >= 4 is 44.4 Å². The maximum Gasteiger partial charge on any atom is 0.138 e. The van der Waals surface area contributed by atoms with Crippen LogP contribution in [-0.4, -0.2) is 21.5 Å². The van der Waals surface area contributed by atoms with Crippen molar-refractivity contribution < 1.29 is 0 Å². The van der Waals surface area contributed by atoms with Crippen molar-refractivity contribution in [3.05, 3.63) is 47.8 Å². The van der Waals surface area contributed by atoms with E-state index in [-0.39, 0.29) is 0 Å². The molecule has 5 heteroatoms. The molecule has 0 aliphatic heterocycles. The second kappa shape index (κ2) is 6.13. The monoisotopic (exact) mass is 370 g/mol. The number of thiophene rings is 1. The zero-order valence-electron chi connectivity index (χ0n) is 15.4. The number of fused-ring (bicyclic) bond motifs is 1. The molecule has 2 heterocycles. The minimum Gasteiger partial charge on any atom is -0.424 e. The standard InChI is InChI=1S/C19H26N2SSi2/c1-23(2,3)21(24(4,5)6)18-14-17(19-12-9-13-22-19)20-16-11-8-7-10-15(16)18/h7-14H,1-6H3. The maximum atomic E-state index is 4.94. The van der Waals surface area contributed by atoms with E-state index in [1.807, 2.05) is 0 Å². The molecule has 2 aromatic heterocycles. The molecule has 3 aromatic rings. The van der Waals surface area contributed by atoms with E-state index in [0.29, 0.717) is 0 Å². The summed E-state index contributed by atoms with van der Waals surface area (Å²) in [7, 11) is -3.03. The molecule has 126 valence electrons. The molecule has 0 radical (unpaired) electrons. The molecule has 0 fully saturated rings. The third kappa shape index (κ3) is 3.34. The number of aromatic nitrogens is 1. The molecule has 3 rings (SSSR count). The van der Waals surface area contributed by atoms with E-state index < -0.39 is 16.5 Å². The number of hydrogen-bond donors (Lipinski definition) is 0. The van der Waals surface area contributed by atoms with Gasteiger partial charge in [-0.3, -0.25) is 0 Å². The maximum absolute atomic E-state index is 4.94. The summed E-state index contributed by atoms with van der Waals surface area (Å²) in [4.78, 5) is 6.18. The van der Waals surface area contributed by atoms with Gasteiger partial charge in [0, 0.05) is 11.1 Å². The molecule has 0 aliphatic rings. The van der Waals surface area contributed by atoms with Gasteiger partial charge in [-0.15, -0.1) is 11.3 Å². The molecule has 24 heavy (non-hydrogen) atoms. The SMILES string of the molecule is C[Si](C)(C)N(c1cc(-c2cccs2)nc2ccccc12)[Si](C)(C)C. The van der Waals surface area contributed by atoms with Gasteiger partial charge in [0.05, 0.1) is 16.1 Å². The highest BCUT2D eigenvalue weighted by Crippen LogP contribution is 2.37. The molecule has 0 unspecified atom stereocenters. The Morgan fingerprint density at radius 3 is 2.12 bits per heavy atom. The second-order valence-corrected chi connectivity index (χ2v) is 19.2. The Kier molecular flexibility index (Phi) is 4.44. The predicted molar refractivity (Wildman–Crippen MR) is 114 cm³/mol. The topological polar surface area (TPSA) is 16.1 Å². The van der Waals surface area contributed by atoms with Gasteiger partial charge in [-0.1, -0.05) is 63.5 Å². The van der Waals surface area contributed by atoms with E-state index in [4.69, 9.17) is 4.98 Å². The largest absolute Gasteiger partial charge is 0.424 e. The number of rotatable bonds is 4. The van der Waals surface area contributed by atoms with Crippen LogP contribution >= 0.6 is 11.3 Å². The molecule has 0 spiro atoms. The Labute approximate surface area is 151 Å². The van der Waals surface area contributed by atoms with Crippen LogP contribution in [0.15, 0.2) is 47.8 Å². The van der Waals surface area contributed by atoms with Crippen LogP contribution in [0.2, 0.25) is 39.3 Å². The van der Waals surface area contributed by atoms with Gasteiger partial charge in [0.2, 0.25) is 0 Å². The van der Waals surface area contributed by atoms with E-state index in [0.717, 1.165) is 11.2 Å². The van der Waals surface area contributed by atoms with Gasteiger partial charge in [-0.25, -0.2) is 4.98 Å². The molecular formula is C19H26N2SSi2. The van der Waals surface area contributed by atoms with Crippen molar-refractivity contribution in [2.24, 2.45) is 0 Å². The first-order valence-electron chi connectivity index (χ1n) is 8.42. The van der Waals surface area contributed by atoms with Crippen molar-refractivity contribution in [1.82, 2.24) is 4.98 Å². The Morgan fingerprint density at radius 1 is 0.875 bits per heavy atom. The zero-order chi connectivity index (χ0) is 17.5. The lowest BCUT2D eigenvalue weighted by atomic mass is 10.1. The van der Waals surface area contributed by atoms with Crippen molar-refractivity contribution in [2.75, 3.05) is 4.23 Å². The zero-order valence-corrected chi connectivity index (χ0v) is 18.2. The lowest BCUT2D eigenvalue weighted by molar-refractivity contribution is 1.34. The molecule has 0 atom stereocenters.